The fraction of sp³-hybridized carbons (Fsp3) is 0.214. The van der Waals surface area contributed by atoms with Crippen LogP contribution in [0.25, 0.3) is 5.69 Å². The van der Waals surface area contributed by atoms with Crippen molar-refractivity contribution in [3.63, 3.8) is 0 Å². The molecule has 1 aliphatic heterocycles. The number of hydrogen-bond acceptors (Lipinski definition) is 3. The van der Waals surface area contributed by atoms with E-state index >= 15 is 0 Å². The summed E-state index contributed by atoms with van der Waals surface area (Å²) in [6.07, 6.45) is 4.89. The van der Waals surface area contributed by atoms with Crippen LogP contribution in [0.2, 0.25) is 5.02 Å². The second-order valence-corrected chi connectivity index (χ2v) is 9.50. The summed E-state index contributed by atoms with van der Waals surface area (Å²) in [6.45, 7) is 3.72. The van der Waals surface area contributed by atoms with Gasteiger partial charge in [-0.25, -0.2) is 0 Å². The molecule has 3 heterocycles. The molecule has 7 heteroatoms. The van der Waals surface area contributed by atoms with E-state index in [1.54, 1.807) is 0 Å². The summed E-state index contributed by atoms with van der Waals surface area (Å²) < 4.78 is 2.23. The maximum atomic E-state index is 6.31. The first-order valence-corrected chi connectivity index (χ1v) is 12.6. The van der Waals surface area contributed by atoms with Crippen molar-refractivity contribution in [1.82, 2.24) is 19.8 Å². The lowest BCUT2D eigenvalue weighted by Crippen LogP contribution is -2.32. The number of anilines is 1. The van der Waals surface area contributed by atoms with Gasteiger partial charge in [0.25, 0.3) is 0 Å². The Kier molecular flexibility index (Phi) is 7.02. The van der Waals surface area contributed by atoms with Crippen LogP contribution in [0.15, 0.2) is 91.3 Å². The molecule has 2 atom stereocenters. The number of nitrogens with one attached hydrogen (secondary N) is 2. The van der Waals surface area contributed by atoms with Crippen LogP contribution < -0.4 is 10.6 Å². The van der Waals surface area contributed by atoms with E-state index in [9.17, 15) is 0 Å². The van der Waals surface area contributed by atoms with Gasteiger partial charge in [-0.15, -0.1) is 0 Å². The maximum absolute atomic E-state index is 6.31. The fourth-order valence-electron chi connectivity index (χ4n) is 4.65. The summed E-state index contributed by atoms with van der Waals surface area (Å²) in [5.41, 5.74) is 5.39. The third kappa shape index (κ3) is 5.04. The van der Waals surface area contributed by atoms with E-state index in [1.165, 1.54) is 0 Å². The molecule has 1 aliphatic rings. The Hall–Kier alpha value is -3.35. The number of pyridine rings is 1. The van der Waals surface area contributed by atoms with Crippen molar-refractivity contribution < 1.29 is 0 Å². The predicted molar refractivity (Wildman–Crippen MR) is 147 cm³/mol. The fourth-order valence-corrected chi connectivity index (χ4v) is 5.10. The third-order valence-electron chi connectivity index (χ3n) is 6.38. The molecule has 0 bridgehead atoms. The summed E-state index contributed by atoms with van der Waals surface area (Å²) in [5, 5.41) is 8.58. The van der Waals surface area contributed by atoms with Crippen molar-refractivity contribution in [3.05, 3.63) is 113 Å². The summed E-state index contributed by atoms with van der Waals surface area (Å²) in [7, 11) is 0. The molecule has 0 spiro atoms. The van der Waals surface area contributed by atoms with Crippen LogP contribution in [0, 0.1) is 6.92 Å². The van der Waals surface area contributed by atoms with Gasteiger partial charge in [-0.2, -0.15) is 0 Å². The van der Waals surface area contributed by atoms with Crippen molar-refractivity contribution >= 4 is 34.6 Å². The Bertz CT molecular complexity index is 1290. The van der Waals surface area contributed by atoms with Crippen LogP contribution in [-0.4, -0.2) is 32.7 Å². The number of thiocarbonyl (C=S) groups is 1. The normalized spacial score (nSPS) is 17.4. The average molecular weight is 502 g/mol. The summed E-state index contributed by atoms with van der Waals surface area (Å²) in [6, 6.07) is 26.7. The quantitative estimate of drug-likeness (QED) is 0.219. The zero-order valence-electron chi connectivity index (χ0n) is 19.6. The van der Waals surface area contributed by atoms with E-state index in [4.69, 9.17) is 23.8 Å². The van der Waals surface area contributed by atoms with Crippen molar-refractivity contribution in [1.29, 1.82) is 0 Å². The molecule has 35 heavy (non-hydrogen) atoms. The van der Waals surface area contributed by atoms with Gasteiger partial charge in [0, 0.05) is 47.6 Å². The molecule has 0 unspecified atom stereocenters. The Labute approximate surface area is 216 Å². The minimum absolute atomic E-state index is 0.000101. The number of halogens is 1. The van der Waals surface area contributed by atoms with E-state index < -0.39 is 0 Å². The standard InChI is InChI=1S/C28H28ClN5S/c1-20-19-22(13-14-23(20)29)33-17-7-12-25(33)27-26(24-11-5-6-15-31-24)32-28(35)34(27)18-8-16-30-21-9-3-2-4-10-21/h2-7,9-15,17,19,26-27,30H,8,16,18H2,1H3,(H,32,35)/t26-,27+/m0/s1. The van der Waals surface area contributed by atoms with Crippen molar-refractivity contribution in [2.75, 3.05) is 18.4 Å². The number of hydrogen-bond donors (Lipinski definition) is 2. The van der Waals surface area contributed by atoms with Gasteiger partial charge in [0.2, 0.25) is 0 Å². The van der Waals surface area contributed by atoms with E-state index in [0.717, 1.165) is 58.0 Å². The highest BCUT2D eigenvalue weighted by Crippen LogP contribution is 2.39. The van der Waals surface area contributed by atoms with Crippen LogP contribution >= 0.6 is 23.8 Å². The number of benzene rings is 2. The molecule has 0 aliphatic carbocycles. The number of aromatic nitrogens is 2. The Morgan fingerprint density at radius 2 is 1.86 bits per heavy atom. The molecule has 1 fully saturated rings. The second-order valence-electron chi connectivity index (χ2n) is 8.70. The number of aryl methyl sites for hydroxylation is 1. The molecule has 0 radical (unpaired) electrons. The van der Waals surface area contributed by atoms with E-state index in [-0.39, 0.29) is 12.1 Å². The van der Waals surface area contributed by atoms with Gasteiger partial charge in [0.1, 0.15) is 0 Å². The maximum Gasteiger partial charge on any atom is 0.170 e. The van der Waals surface area contributed by atoms with Crippen LogP contribution in [0.4, 0.5) is 5.69 Å². The van der Waals surface area contributed by atoms with Crippen LogP contribution in [0.5, 0.6) is 0 Å². The highest BCUT2D eigenvalue weighted by molar-refractivity contribution is 7.80. The SMILES string of the molecule is Cc1cc(-n2cccc2[C@@H]2[C@H](c3ccccn3)NC(=S)N2CCCNc2ccccc2)ccc1Cl. The molecule has 2 N–H and O–H groups in total. The zero-order chi connectivity index (χ0) is 24.2. The van der Waals surface area contributed by atoms with Crippen LogP contribution in [0.1, 0.15) is 35.5 Å². The number of rotatable bonds is 8. The van der Waals surface area contributed by atoms with Gasteiger partial charge in [0.05, 0.1) is 17.8 Å². The topological polar surface area (TPSA) is 45.1 Å². The average Bonchev–Trinajstić information content (AvgIpc) is 3.49. The highest BCUT2D eigenvalue weighted by Gasteiger charge is 2.40. The first kappa shape index (κ1) is 23.4. The largest absolute Gasteiger partial charge is 0.385 e. The Morgan fingerprint density at radius 3 is 2.63 bits per heavy atom. The summed E-state index contributed by atoms with van der Waals surface area (Å²) in [4.78, 5) is 6.97. The molecular weight excluding hydrogens is 474 g/mol. The van der Waals surface area contributed by atoms with Gasteiger partial charge in [0.15, 0.2) is 5.11 Å². The molecule has 0 saturated carbocycles. The second kappa shape index (κ2) is 10.5. The van der Waals surface area contributed by atoms with Crippen LogP contribution in [-0.2, 0) is 0 Å². The minimum Gasteiger partial charge on any atom is -0.385 e. The van der Waals surface area contributed by atoms with Crippen molar-refractivity contribution in [3.8, 4) is 5.69 Å². The molecule has 5 nitrogen and oxygen atoms in total. The van der Waals surface area contributed by atoms with Gasteiger partial charge in [-0.3, -0.25) is 4.98 Å². The van der Waals surface area contributed by atoms with Gasteiger partial charge in [-0.05, 0) is 85.7 Å². The van der Waals surface area contributed by atoms with Crippen molar-refractivity contribution in [2.24, 2.45) is 0 Å². The molecule has 2 aromatic carbocycles. The molecular formula is C28H28ClN5S. The van der Waals surface area contributed by atoms with Crippen LogP contribution in [0.3, 0.4) is 0 Å². The van der Waals surface area contributed by atoms with E-state index in [0.29, 0.717) is 0 Å². The lowest BCUT2D eigenvalue weighted by molar-refractivity contribution is 0.307. The molecule has 4 aromatic rings. The summed E-state index contributed by atoms with van der Waals surface area (Å²) in [5.74, 6) is 0. The molecule has 1 saturated heterocycles. The lowest BCUT2D eigenvalue weighted by atomic mass is 10.0. The summed E-state index contributed by atoms with van der Waals surface area (Å²) >= 11 is 12.2. The molecule has 5 rings (SSSR count). The monoisotopic (exact) mass is 501 g/mol. The third-order valence-corrected chi connectivity index (χ3v) is 7.16. The molecule has 0 amide bonds. The number of para-hydroxylation sites is 1. The van der Waals surface area contributed by atoms with Crippen molar-refractivity contribution in [2.45, 2.75) is 25.4 Å². The number of nitrogens with zero attached hydrogens (tertiary/aromatic N) is 3. The lowest BCUT2D eigenvalue weighted by Gasteiger charge is -2.29. The highest BCUT2D eigenvalue weighted by atomic mass is 35.5. The first-order valence-electron chi connectivity index (χ1n) is 11.8. The van der Waals surface area contributed by atoms with Gasteiger partial charge in [-0.1, -0.05) is 35.9 Å². The van der Waals surface area contributed by atoms with E-state index in [2.05, 4.69) is 73.7 Å². The van der Waals surface area contributed by atoms with Gasteiger partial charge >= 0.3 is 0 Å². The van der Waals surface area contributed by atoms with E-state index in [1.807, 2.05) is 49.5 Å². The molecule has 2 aromatic heterocycles. The van der Waals surface area contributed by atoms with Gasteiger partial charge < -0.3 is 20.1 Å². The minimum atomic E-state index is -0.0483. The first-order chi connectivity index (χ1) is 17.1. The predicted octanol–water partition coefficient (Wildman–Crippen LogP) is 6.31. The zero-order valence-corrected chi connectivity index (χ0v) is 21.1. The Morgan fingerprint density at radius 1 is 1.03 bits per heavy atom. The Balaban J connectivity index is 1.44. The smallest absolute Gasteiger partial charge is 0.170 e. The molecule has 178 valence electrons.